The quantitative estimate of drug-likeness (QED) is 0.866. The molecule has 21 heavy (non-hydrogen) atoms. The Balaban J connectivity index is 1.80. The van der Waals surface area contributed by atoms with Crippen molar-refractivity contribution in [2.45, 2.75) is 39.2 Å². The van der Waals surface area contributed by atoms with Gasteiger partial charge >= 0.3 is 0 Å². The smallest absolute Gasteiger partial charge is 0.122 e. The fraction of sp³-hybridized carbons (Fsp3) is 0.444. The fourth-order valence-electron chi connectivity index (χ4n) is 2.90. The molecular weight excluding hydrogens is 278 g/mol. The van der Waals surface area contributed by atoms with Gasteiger partial charge in [-0.1, -0.05) is 26.0 Å². The SMILES string of the molecule is CCNC(Cc1ccc(CC)s1)c1ccc2c(c1)CCO2. The van der Waals surface area contributed by atoms with Crippen LogP contribution in [0.25, 0.3) is 0 Å². The van der Waals surface area contributed by atoms with E-state index in [0.29, 0.717) is 6.04 Å². The summed E-state index contributed by atoms with van der Waals surface area (Å²) in [4.78, 5) is 2.94. The minimum absolute atomic E-state index is 0.393. The molecule has 0 amide bonds. The lowest BCUT2D eigenvalue weighted by molar-refractivity contribution is 0.356. The number of thiophene rings is 1. The Bertz CT molecular complexity index is 605. The van der Waals surface area contributed by atoms with Crippen molar-refractivity contribution < 1.29 is 4.74 Å². The summed E-state index contributed by atoms with van der Waals surface area (Å²) in [6.45, 7) is 6.22. The molecule has 0 bridgehead atoms. The van der Waals surface area contributed by atoms with Crippen molar-refractivity contribution in [3.63, 3.8) is 0 Å². The summed E-state index contributed by atoms with van der Waals surface area (Å²) in [5.74, 6) is 1.07. The molecule has 0 spiro atoms. The number of aryl methyl sites for hydroxylation is 1. The van der Waals surface area contributed by atoms with Gasteiger partial charge in [-0.15, -0.1) is 11.3 Å². The zero-order valence-electron chi connectivity index (χ0n) is 12.8. The highest BCUT2D eigenvalue weighted by Crippen LogP contribution is 2.30. The third-order valence-electron chi connectivity index (χ3n) is 4.04. The van der Waals surface area contributed by atoms with Gasteiger partial charge in [0, 0.05) is 28.6 Å². The van der Waals surface area contributed by atoms with E-state index in [1.54, 1.807) is 0 Å². The summed E-state index contributed by atoms with van der Waals surface area (Å²) in [7, 11) is 0. The van der Waals surface area contributed by atoms with Crippen molar-refractivity contribution in [1.82, 2.24) is 5.32 Å². The van der Waals surface area contributed by atoms with Crippen LogP contribution in [0.2, 0.25) is 0 Å². The minimum atomic E-state index is 0.393. The summed E-state index contributed by atoms with van der Waals surface area (Å²) >= 11 is 1.94. The molecule has 3 rings (SSSR count). The lowest BCUT2D eigenvalue weighted by Crippen LogP contribution is -2.22. The molecule has 0 aliphatic carbocycles. The molecule has 1 aliphatic heterocycles. The zero-order chi connectivity index (χ0) is 14.7. The number of fused-ring (bicyclic) bond motifs is 1. The minimum Gasteiger partial charge on any atom is -0.493 e. The zero-order valence-corrected chi connectivity index (χ0v) is 13.6. The molecule has 1 aliphatic rings. The molecule has 2 aromatic rings. The number of nitrogens with one attached hydrogen (secondary N) is 1. The molecule has 2 nitrogen and oxygen atoms in total. The molecule has 1 aromatic carbocycles. The van der Waals surface area contributed by atoms with Gasteiger partial charge in [0.15, 0.2) is 0 Å². The summed E-state index contributed by atoms with van der Waals surface area (Å²) in [5.41, 5.74) is 2.74. The molecule has 0 saturated carbocycles. The predicted octanol–water partition coefficient (Wildman–Crippen LogP) is 4.14. The molecule has 0 fully saturated rings. The number of hydrogen-bond donors (Lipinski definition) is 1. The first kappa shape index (κ1) is 14.6. The standard InChI is InChI=1S/C18H23NOS/c1-3-15-6-7-16(21-15)12-17(19-4-2)13-5-8-18-14(11-13)9-10-20-18/h5-8,11,17,19H,3-4,9-10,12H2,1-2H3. The fourth-order valence-corrected chi connectivity index (χ4v) is 3.90. The first-order valence-electron chi connectivity index (χ1n) is 7.86. The Morgan fingerprint density at radius 2 is 2.05 bits per heavy atom. The number of benzene rings is 1. The second-order valence-corrected chi connectivity index (χ2v) is 6.75. The number of likely N-dealkylation sites (N-methyl/N-ethyl adjacent to an activating group) is 1. The molecule has 0 radical (unpaired) electrons. The van der Waals surface area contributed by atoms with Crippen LogP contribution < -0.4 is 10.1 Å². The van der Waals surface area contributed by atoms with E-state index in [2.05, 4.69) is 49.5 Å². The van der Waals surface area contributed by atoms with Gasteiger partial charge in [-0.25, -0.2) is 0 Å². The molecule has 3 heteroatoms. The Hall–Kier alpha value is -1.32. The van der Waals surface area contributed by atoms with Crippen LogP contribution >= 0.6 is 11.3 Å². The highest BCUT2D eigenvalue weighted by atomic mass is 32.1. The maximum absolute atomic E-state index is 5.61. The highest BCUT2D eigenvalue weighted by Gasteiger charge is 2.17. The van der Waals surface area contributed by atoms with Crippen LogP contribution in [-0.2, 0) is 19.3 Å². The molecule has 1 unspecified atom stereocenters. The van der Waals surface area contributed by atoms with Crippen LogP contribution in [0.5, 0.6) is 5.75 Å². The first-order valence-corrected chi connectivity index (χ1v) is 8.68. The van der Waals surface area contributed by atoms with Crippen molar-refractivity contribution in [3.8, 4) is 5.75 Å². The van der Waals surface area contributed by atoms with Gasteiger partial charge in [0.25, 0.3) is 0 Å². The van der Waals surface area contributed by atoms with E-state index in [9.17, 15) is 0 Å². The Labute approximate surface area is 131 Å². The number of rotatable bonds is 6. The van der Waals surface area contributed by atoms with E-state index in [-0.39, 0.29) is 0 Å². The first-order chi connectivity index (χ1) is 10.3. The van der Waals surface area contributed by atoms with Crippen LogP contribution in [0.1, 0.15) is 40.8 Å². The van der Waals surface area contributed by atoms with Crippen LogP contribution in [-0.4, -0.2) is 13.2 Å². The lowest BCUT2D eigenvalue weighted by Gasteiger charge is -2.18. The molecule has 1 atom stereocenters. The van der Waals surface area contributed by atoms with E-state index in [1.807, 2.05) is 11.3 Å². The topological polar surface area (TPSA) is 21.3 Å². The summed E-state index contributed by atoms with van der Waals surface area (Å²) in [6, 6.07) is 11.6. The summed E-state index contributed by atoms with van der Waals surface area (Å²) < 4.78 is 5.61. The molecule has 1 N–H and O–H groups in total. The van der Waals surface area contributed by atoms with Gasteiger partial charge in [0.1, 0.15) is 5.75 Å². The number of hydrogen-bond acceptors (Lipinski definition) is 3. The Kier molecular flexibility index (Phi) is 4.61. The average Bonchev–Trinajstić information content (AvgIpc) is 3.14. The van der Waals surface area contributed by atoms with E-state index in [1.165, 1.54) is 20.9 Å². The summed E-state index contributed by atoms with van der Waals surface area (Å²) in [6.07, 6.45) is 3.24. The normalized spacial score (nSPS) is 14.8. The van der Waals surface area contributed by atoms with Crippen molar-refractivity contribution >= 4 is 11.3 Å². The highest BCUT2D eigenvalue weighted by molar-refractivity contribution is 7.11. The third-order valence-corrected chi connectivity index (χ3v) is 5.29. The van der Waals surface area contributed by atoms with Crippen LogP contribution in [0, 0.1) is 0 Å². The lowest BCUT2D eigenvalue weighted by atomic mass is 9.99. The maximum atomic E-state index is 5.61. The Morgan fingerprint density at radius 3 is 2.81 bits per heavy atom. The van der Waals surface area contributed by atoms with Gasteiger partial charge in [-0.05, 0) is 42.3 Å². The third kappa shape index (κ3) is 3.30. The largest absolute Gasteiger partial charge is 0.493 e. The van der Waals surface area contributed by atoms with Crippen molar-refractivity contribution in [2.24, 2.45) is 0 Å². The van der Waals surface area contributed by atoms with Gasteiger partial charge in [-0.3, -0.25) is 0 Å². The monoisotopic (exact) mass is 301 g/mol. The second kappa shape index (κ2) is 6.63. The Morgan fingerprint density at radius 1 is 1.19 bits per heavy atom. The predicted molar refractivity (Wildman–Crippen MR) is 89.5 cm³/mol. The van der Waals surface area contributed by atoms with Gasteiger partial charge in [0.2, 0.25) is 0 Å². The van der Waals surface area contributed by atoms with Crippen LogP contribution in [0.3, 0.4) is 0 Å². The molecule has 2 heterocycles. The van der Waals surface area contributed by atoms with Gasteiger partial charge < -0.3 is 10.1 Å². The maximum Gasteiger partial charge on any atom is 0.122 e. The number of ether oxygens (including phenoxy) is 1. The van der Waals surface area contributed by atoms with E-state index >= 15 is 0 Å². The van der Waals surface area contributed by atoms with E-state index < -0.39 is 0 Å². The van der Waals surface area contributed by atoms with Crippen LogP contribution in [0.15, 0.2) is 30.3 Å². The molecule has 0 saturated heterocycles. The van der Waals surface area contributed by atoms with Gasteiger partial charge in [-0.2, -0.15) is 0 Å². The summed E-state index contributed by atoms with van der Waals surface area (Å²) in [5, 5.41) is 3.63. The molecule has 112 valence electrons. The average molecular weight is 301 g/mol. The van der Waals surface area contributed by atoms with Crippen LogP contribution in [0.4, 0.5) is 0 Å². The molecule has 1 aromatic heterocycles. The van der Waals surface area contributed by atoms with Gasteiger partial charge in [0.05, 0.1) is 6.61 Å². The molecular formula is C18H23NOS. The van der Waals surface area contributed by atoms with Crippen molar-refractivity contribution in [2.75, 3.05) is 13.2 Å². The van der Waals surface area contributed by atoms with Crippen molar-refractivity contribution in [1.29, 1.82) is 0 Å². The van der Waals surface area contributed by atoms with Crippen molar-refractivity contribution in [3.05, 3.63) is 51.2 Å². The van der Waals surface area contributed by atoms with E-state index in [0.717, 1.165) is 38.2 Å². The second-order valence-electron chi connectivity index (χ2n) is 5.50. The van der Waals surface area contributed by atoms with E-state index in [4.69, 9.17) is 4.74 Å².